The van der Waals surface area contributed by atoms with E-state index in [0.717, 1.165) is 0 Å². The van der Waals surface area contributed by atoms with Gasteiger partial charge in [-0.15, -0.1) is 0 Å². The number of carboxylic acid groups (broad SMARTS) is 2. The minimum absolute atomic E-state index is 0.267. The van der Waals surface area contributed by atoms with Crippen molar-refractivity contribution in [3.63, 3.8) is 0 Å². The average Bonchev–Trinajstić information content (AvgIpc) is 3.41. The van der Waals surface area contributed by atoms with Crippen molar-refractivity contribution in [2.45, 2.75) is 75.5 Å². The van der Waals surface area contributed by atoms with Crippen LogP contribution in [-0.4, -0.2) is 93.5 Å². The van der Waals surface area contributed by atoms with Crippen LogP contribution in [0.2, 0.25) is 0 Å². The molecule has 0 aromatic rings. The maximum Gasteiger partial charge on any atom is 0.326 e. The molecule has 32 heavy (non-hydrogen) atoms. The Bertz CT molecular complexity index is 731. The molecular formula is C20H33N5O7. The number of aliphatic carboxylic acids is 2. The lowest BCUT2D eigenvalue weighted by Gasteiger charge is -2.30. The van der Waals surface area contributed by atoms with E-state index in [1.54, 1.807) is 0 Å². The number of hydrogen-bond donors (Lipinski definition) is 5. The van der Waals surface area contributed by atoms with E-state index in [4.69, 9.17) is 16.6 Å². The molecule has 2 aliphatic heterocycles. The van der Waals surface area contributed by atoms with E-state index in [0.29, 0.717) is 58.0 Å². The molecule has 4 unspecified atom stereocenters. The van der Waals surface area contributed by atoms with Crippen LogP contribution in [0.3, 0.4) is 0 Å². The summed E-state index contributed by atoms with van der Waals surface area (Å²) in [7, 11) is 0. The molecule has 0 aromatic carbocycles. The Kier molecular flexibility index (Phi) is 9.39. The van der Waals surface area contributed by atoms with E-state index in [1.165, 1.54) is 9.80 Å². The zero-order valence-corrected chi connectivity index (χ0v) is 18.1. The summed E-state index contributed by atoms with van der Waals surface area (Å²) >= 11 is 0. The molecule has 2 rings (SSSR count). The number of carbonyl (C=O) groups is 5. The van der Waals surface area contributed by atoms with Crippen molar-refractivity contribution in [3.05, 3.63) is 0 Å². The van der Waals surface area contributed by atoms with E-state index >= 15 is 0 Å². The highest BCUT2D eigenvalue weighted by Crippen LogP contribution is 2.22. The Balaban J connectivity index is 2.11. The molecule has 0 saturated carbocycles. The van der Waals surface area contributed by atoms with Gasteiger partial charge in [-0.1, -0.05) is 0 Å². The first kappa shape index (κ1) is 25.5. The van der Waals surface area contributed by atoms with Crippen molar-refractivity contribution in [2.75, 3.05) is 19.6 Å². The molecular weight excluding hydrogens is 422 g/mol. The third kappa shape index (κ3) is 6.39. The molecule has 0 spiro atoms. The zero-order valence-electron chi connectivity index (χ0n) is 18.1. The summed E-state index contributed by atoms with van der Waals surface area (Å²) in [6.07, 6.45) is 2.79. The van der Waals surface area contributed by atoms with Crippen LogP contribution in [0, 0.1) is 0 Å². The third-order valence-electron chi connectivity index (χ3n) is 5.93. The first-order valence-corrected chi connectivity index (χ1v) is 11.0. The van der Waals surface area contributed by atoms with Gasteiger partial charge >= 0.3 is 11.9 Å². The molecule has 0 bridgehead atoms. The predicted molar refractivity (Wildman–Crippen MR) is 112 cm³/mol. The van der Waals surface area contributed by atoms with Crippen LogP contribution in [0.5, 0.6) is 0 Å². The number of nitrogens with zero attached hydrogens (tertiary/aromatic N) is 2. The lowest BCUT2D eigenvalue weighted by Crippen LogP contribution is -2.56. The lowest BCUT2D eigenvalue weighted by molar-refractivity contribution is -0.150. The first-order valence-electron chi connectivity index (χ1n) is 11.0. The maximum atomic E-state index is 13.1. The quantitative estimate of drug-likeness (QED) is 0.229. The van der Waals surface area contributed by atoms with Crippen LogP contribution in [0.4, 0.5) is 0 Å². The molecule has 4 atom stereocenters. The predicted octanol–water partition coefficient (Wildman–Crippen LogP) is -1.53. The van der Waals surface area contributed by atoms with Crippen LogP contribution in [0.25, 0.3) is 0 Å². The summed E-state index contributed by atoms with van der Waals surface area (Å²) in [5.74, 6) is -3.91. The van der Waals surface area contributed by atoms with Crippen molar-refractivity contribution in [3.8, 4) is 0 Å². The number of unbranched alkanes of at least 4 members (excludes halogenated alkanes) is 1. The number of hydrogen-bond acceptors (Lipinski definition) is 7. The second-order valence-corrected chi connectivity index (χ2v) is 8.27. The topological polar surface area (TPSA) is 196 Å². The fraction of sp³-hybridized carbons (Fsp3) is 0.750. The van der Waals surface area contributed by atoms with Gasteiger partial charge < -0.3 is 36.8 Å². The van der Waals surface area contributed by atoms with Crippen molar-refractivity contribution >= 4 is 29.7 Å². The fourth-order valence-corrected chi connectivity index (χ4v) is 4.30. The smallest absolute Gasteiger partial charge is 0.326 e. The van der Waals surface area contributed by atoms with Gasteiger partial charge in [-0.05, 0) is 51.5 Å². The van der Waals surface area contributed by atoms with E-state index < -0.39 is 60.2 Å². The van der Waals surface area contributed by atoms with E-state index in [9.17, 15) is 29.1 Å². The van der Waals surface area contributed by atoms with Gasteiger partial charge in [0, 0.05) is 13.1 Å². The first-order chi connectivity index (χ1) is 15.2. The molecule has 0 radical (unpaired) electrons. The van der Waals surface area contributed by atoms with Crippen LogP contribution < -0.4 is 16.8 Å². The van der Waals surface area contributed by atoms with Gasteiger partial charge in [-0.25, -0.2) is 4.79 Å². The molecule has 0 aliphatic carbocycles. The van der Waals surface area contributed by atoms with Gasteiger partial charge in [0.2, 0.25) is 17.7 Å². The molecule has 2 saturated heterocycles. The largest absolute Gasteiger partial charge is 0.481 e. The molecule has 7 N–H and O–H groups in total. The standard InChI is InChI=1S/C20H33N5O7/c21-8-2-1-5-13(19(30)25-10-4-7-15(25)20(31)32)23-17(28)14-6-3-9-24(14)18(29)12(22)11-16(26)27/h12-15H,1-11,21-22H2,(H,23,28)(H,26,27)(H,31,32). The van der Waals surface area contributed by atoms with Crippen LogP contribution in [0.1, 0.15) is 51.4 Å². The second-order valence-electron chi connectivity index (χ2n) is 8.27. The number of nitrogens with two attached hydrogens (primary N) is 2. The Labute approximate surface area is 186 Å². The summed E-state index contributed by atoms with van der Waals surface area (Å²) in [6.45, 7) is 0.989. The summed E-state index contributed by atoms with van der Waals surface area (Å²) in [5, 5.41) is 21.0. The molecule has 3 amide bonds. The van der Waals surface area contributed by atoms with Crippen molar-refractivity contribution in [1.82, 2.24) is 15.1 Å². The molecule has 12 nitrogen and oxygen atoms in total. The second kappa shape index (κ2) is 11.8. The van der Waals surface area contributed by atoms with Gasteiger partial charge in [0.15, 0.2) is 0 Å². The number of rotatable bonds is 11. The van der Waals surface area contributed by atoms with E-state index in [2.05, 4.69) is 5.32 Å². The summed E-state index contributed by atoms with van der Waals surface area (Å²) < 4.78 is 0. The van der Waals surface area contributed by atoms with Crippen LogP contribution >= 0.6 is 0 Å². The Hall–Kier alpha value is -2.73. The minimum Gasteiger partial charge on any atom is -0.481 e. The molecule has 2 fully saturated rings. The van der Waals surface area contributed by atoms with Crippen LogP contribution in [0.15, 0.2) is 0 Å². The van der Waals surface area contributed by atoms with Gasteiger partial charge in [0.1, 0.15) is 18.1 Å². The fourth-order valence-electron chi connectivity index (χ4n) is 4.30. The highest BCUT2D eigenvalue weighted by Gasteiger charge is 2.40. The number of nitrogens with one attached hydrogen (secondary N) is 1. The third-order valence-corrected chi connectivity index (χ3v) is 5.93. The summed E-state index contributed by atoms with van der Waals surface area (Å²) in [6, 6.07) is -3.97. The van der Waals surface area contributed by atoms with Crippen molar-refractivity contribution < 1.29 is 34.2 Å². The summed E-state index contributed by atoms with van der Waals surface area (Å²) in [4.78, 5) is 63.6. The molecule has 0 aromatic heterocycles. The molecule has 12 heteroatoms. The van der Waals surface area contributed by atoms with Crippen molar-refractivity contribution in [1.29, 1.82) is 0 Å². The lowest BCUT2D eigenvalue weighted by atomic mass is 10.1. The van der Waals surface area contributed by atoms with Gasteiger partial charge in [-0.2, -0.15) is 0 Å². The number of carboxylic acids is 2. The molecule has 180 valence electrons. The molecule has 2 heterocycles. The highest BCUT2D eigenvalue weighted by molar-refractivity contribution is 5.95. The monoisotopic (exact) mass is 455 g/mol. The zero-order chi connectivity index (χ0) is 23.8. The van der Waals surface area contributed by atoms with Gasteiger partial charge in [0.05, 0.1) is 12.5 Å². The Morgan fingerprint density at radius 2 is 1.53 bits per heavy atom. The number of carbonyl (C=O) groups excluding carboxylic acids is 3. The summed E-state index contributed by atoms with van der Waals surface area (Å²) in [5.41, 5.74) is 11.2. The number of amides is 3. The number of likely N-dealkylation sites (tertiary alicyclic amines) is 2. The Morgan fingerprint density at radius 3 is 2.09 bits per heavy atom. The average molecular weight is 456 g/mol. The maximum absolute atomic E-state index is 13.1. The van der Waals surface area contributed by atoms with Crippen molar-refractivity contribution in [2.24, 2.45) is 11.5 Å². The Morgan fingerprint density at radius 1 is 0.938 bits per heavy atom. The molecule has 2 aliphatic rings. The van der Waals surface area contributed by atoms with E-state index in [-0.39, 0.29) is 6.54 Å². The SMILES string of the molecule is NCCCCC(NC(=O)C1CCCN1C(=O)C(N)CC(=O)O)C(=O)N1CCCC1C(=O)O. The van der Waals surface area contributed by atoms with Crippen LogP contribution in [-0.2, 0) is 24.0 Å². The normalized spacial score (nSPS) is 22.4. The van der Waals surface area contributed by atoms with Gasteiger partial charge in [0.25, 0.3) is 0 Å². The van der Waals surface area contributed by atoms with E-state index in [1.807, 2.05) is 0 Å². The highest BCUT2D eigenvalue weighted by atomic mass is 16.4. The van der Waals surface area contributed by atoms with Gasteiger partial charge in [-0.3, -0.25) is 19.2 Å². The minimum atomic E-state index is -1.26.